The number of halogens is 2. The second-order valence-corrected chi connectivity index (χ2v) is 3.91. The summed E-state index contributed by atoms with van der Waals surface area (Å²) in [5.74, 6) is 0.665. The minimum Gasteiger partial charge on any atom is -0.497 e. The molecule has 0 aromatic heterocycles. The molecule has 0 unspecified atom stereocenters. The molecule has 1 aromatic rings. The lowest BCUT2D eigenvalue weighted by atomic mass is 10.1. The van der Waals surface area contributed by atoms with Gasteiger partial charge < -0.3 is 4.74 Å². The van der Waals surface area contributed by atoms with E-state index in [0.717, 1.165) is 0 Å². The van der Waals surface area contributed by atoms with Crippen LogP contribution in [0.3, 0.4) is 0 Å². The van der Waals surface area contributed by atoms with Crippen LogP contribution >= 0.6 is 27.5 Å². The van der Waals surface area contributed by atoms with Crippen LogP contribution in [0, 0.1) is 0 Å². The van der Waals surface area contributed by atoms with Gasteiger partial charge in [0.15, 0.2) is 5.78 Å². The molecule has 0 spiro atoms. The zero-order valence-electron chi connectivity index (χ0n) is 7.72. The molecule has 2 nitrogen and oxygen atoms in total. The third-order valence-electron chi connectivity index (χ3n) is 1.80. The Kier molecular flexibility index (Phi) is 4.42. The number of hydrogen-bond acceptors (Lipinski definition) is 2. The highest BCUT2D eigenvalue weighted by Gasteiger charge is 2.10. The van der Waals surface area contributed by atoms with Gasteiger partial charge in [0.1, 0.15) is 5.75 Å². The van der Waals surface area contributed by atoms with Crippen molar-refractivity contribution in [2.24, 2.45) is 0 Å². The van der Waals surface area contributed by atoms with Crippen molar-refractivity contribution in [2.75, 3.05) is 12.4 Å². The summed E-state index contributed by atoms with van der Waals surface area (Å²) in [6.07, 6.45) is 0.437. The Labute approximate surface area is 96.3 Å². The molecule has 0 fully saturated rings. The van der Waals surface area contributed by atoms with E-state index in [1.807, 2.05) is 0 Å². The molecule has 1 aromatic carbocycles. The average Bonchev–Trinajstić information content (AvgIpc) is 2.19. The van der Waals surface area contributed by atoms with E-state index in [1.165, 1.54) is 0 Å². The van der Waals surface area contributed by atoms with Crippen molar-refractivity contribution in [1.82, 2.24) is 0 Å². The number of benzene rings is 1. The number of rotatable bonds is 4. The van der Waals surface area contributed by atoms with Gasteiger partial charge in [-0.1, -0.05) is 27.5 Å². The Balaban J connectivity index is 2.99. The van der Waals surface area contributed by atoms with Crippen LogP contribution in [0.2, 0.25) is 5.02 Å². The maximum Gasteiger partial charge on any atom is 0.165 e. The Morgan fingerprint density at radius 1 is 1.57 bits per heavy atom. The highest BCUT2D eigenvalue weighted by Crippen LogP contribution is 2.23. The molecule has 14 heavy (non-hydrogen) atoms. The first-order chi connectivity index (χ1) is 6.69. The SMILES string of the molecule is COc1ccc(Cl)c(C(=O)CCBr)c1. The molecule has 4 heteroatoms. The number of alkyl halides is 1. The fraction of sp³-hybridized carbons (Fsp3) is 0.300. The van der Waals surface area contributed by atoms with Crippen LogP contribution in [0.4, 0.5) is 0 Å². The van der Waals surface area contributed by atoms with E-state index < -0.39 is 0 Å². The smallest absolute Gasteiger partial charge is 0.165 e. The lowest BCUT2D eigenvalue weighted by Crippen LogP contribution is -2.01. The zero-order chi connectivity index (χ0) is 10.6. The lowest BCUT2D eigenvalue weighted by Gasteiger charge is -2.05. The number of carbonyl (C=O) groups is 1. The van der Waals surface area contributed by atoms with Gasteiger partial charge in [-0.25, -0.2) is 0 Å². The summed E-state index contributed by atoms with van der Waals surface area (Å²) in [6.45, 7) is 0. The average molecular weight is 278 g/mol. The van der Waals surface area contributed by atoms with Crippen LogP contribution < -0.4 is 4.74 Å². The minimum absolute atomic E-state index is 0.0192. The van der Waals surface area contributed by atoms with Gasteiger partial charge in [-0.15, -0.1) is 0 Å². The van der Waals surface area contributed by atoms with Crippen LogP contribution in [-0.2, 0) is 0 Å². The molecule has 76 valence electrons. The standard InChI is InChI=1S/C10H10BrClO2/c1-14-7-2-3-9(12)8(6-7)10(13)4-5-11/h2-3,6H,4-5H2,1H3. The van der Waals surface area contributed by atoms with E-state index in [1.54, 1.807) is 25.3 Å². The first kappa shape index (κ1) is 11.5. The van der Waals surface area contributed by atoms with Crippen LogP contribution in [0.1, 0.15) is 16.8 Å². The molecule has 0 aliphatic heterocycles. The van der Waals surface area contributed by atoms with Crippen molar-refractivity contribution < 1.29 is 9.53 Å². The molecule has 0 saturated heterocycles. The van der Waals surface area contributed by atoms with Crippen LogP contribution in [0.25, 0.3) is 0 Å². The quantitative estimate of drug-likeness (QED) is 0.623. The minimum atomic E-state index is 0.0192. The topological polar surface area (TPSA) is 26.3 Å². The molecule has 0 N–H and O–H groups in total. The number of carbonyl (C=O) groups excluding carboxylic acids is 1. The number of ether oxygens (including phenoxy) is 1. The van der Waals surface area contributed by atoms with Gasteiger partial charge in [0.2, 0.25) is 0 Å². The monoisotopic (exact) mass is 276 g/mol. The van der Waals surface area contributed by atoms with Crippen molar-refractivity contribution in [1.29, 1.82) is 0 Å². The van der Waals surface area contributed by atoms with Crippen LogP contribution in [-0.4, -0.2) is 18.2 Å². The molecule has 0 heterocycles. The largest absolute Gasteiger partial charge is 0.497 e. The number of ketones is 1. The van der Waals surface area contributed by atoms with Crippen LogP contribution in [0.5, 0.6) is 5.75 Å². The molecule has 0 saturated carbocycles. The first-order valence-corrected chi connectivity index (χ1v) is 5.61. The molecule has 0 bridgehead atoms. The lowest BCUT2D eigenvalue weighted by molar-refractivity contribution is 0.0989. The summed E-state index contributed by atoms with van der Waals surface area (Å²) in [7, 11) is 1.56. The normalized spacial score (nSPS) is 9.93. The summed E-state index contributed by atoms with van der Waals surface area (Å²) >= 11 is 9.10. The summed E-state index contributed by atoms with van der Waals surface area (Å²) in [5, 5.41) is 1.11. The van der Waals surface area contributed by atoms with Crippen molar-refractivity contribution in [2.45, 2.75) is 6.42 Å². The molecule has 0 atom stereocenters. The second-order valence-electron chi connectivity index (χ2n) is 2.71. The first-order valence-electron chi connectivity index (χ1n) is 4.11. The Morgan fingerprint density at radius 2 is 2.29 bits per heavy atom. The number of Topliss-reactive ketones (excluding diaryl/α,β-unsaturated/α-hetero) is 1. The van der Waals surface area contributed by atoms with Gasteiger partial charge in [-0.3, -0.25) is 4.79 Å². The Morgan fingerprint density at radius 3 is 2.86 bits per heavy atom. The van der Waals surface area contributed by atoms with Crippen molar-refractivity contribution in [3.8, 4) is 5.75 Å². The zero-order valence-corrected chi connectivity index (χ0v) is 10.1. The van der Waals surface area contributed by atoms with Gasteiger partial charge in [0.05, 0.1) is 12.1 Å². The van der Waals surface area contributed by atoms with Gasteiger partial charge in [-0.2, -0.15) is 0 Å². The summed E-state index contributed by atoms with van der Waals surface area (Å²) in [4.78, 5) is 11.6. The third-order valence-corrected chi connectivity index (χ3v) is 2.52. The second kappa shape index (κ2) is 5.37. The molecular weight excluding hydrogens is 267 g/mol. The maximum atomic E-state index is 11.6. The van der Waals surface area contributed by atoms with Gasteiger partial charge in [0, 0.05) is 17.3 Å². The highest BCUT2D eigenvalue weighted by molar-refractivity contribution is 9.09. The molecule has 0 radical (unpaired) electrons. The molecule has 1 rings (SSSR count). The van der Waals surface area contributed by atoms with E-state index in [0.29, 0.717) is 28.1 Å². The number of methoxy groups -OCH3 is 1. The van der Waals surface area contributed by atoms with E-state index in [-0.39, 0.29) is 5.78 Å². The highest BCUT2D eigenvalue weighted by atomic mass is 79.9. The predicted octanol–water partition coefficient (Wildman–Crippen LogP) is 3.32. The number of hydrogen-bond donors (Lipinski definition) is 0. The van der Waals surface area contributed by atoms with E-state index in [9.17, 15) is 4.79 Å². The summed E-state index contributed by atoms with van der Waals surface area (Å²) in [6, 6.07) is 5.06. The molecule has 0 aliphatic rings. The van der Waals surface area contributed by atoms with E-state index in [2.05, 4.69) is 15.9 Å². The van der Waals surface area contributed by atoms with Gasteiger partial charge in [-0.05, 0) is 18.2 Å². The molecule has 0 amide bonds. The Bertz CT molecular complexity index is 339. The van der Waals surface area contributed by atoms with E-state index >= 15 is 0 Å². The Hall–Kier alpha value is -0.540. The van der Waals surface area contributed by atoms with Crippen molar-refractivity contribution in [3.63, 3.8) is 0 Å². The fourth-order valence-corrected chi connectivity index (χ4v) is 1.65. The fourth-order valence-electron chi connectivity index (χ4n) is 1.07. The van der Waals surface area contributed by atoms with E-state index in [4.69, 9.17) is 16.3 Å². The summed E-state index contributed by atoms with van der Waals surface area (Å²) < 4.78 is 5.02. The molecule has 0 aliphatic carbocycles. The van der Waals surface area contributed by atoms with Gasteiger partial charge in [0.25, 0.3) is 0 Å². The third kappa shape index (κ3) is 2.72. The molecular formula is C10H10BrClO2. The predicted molar refractivity (Wildman–Crippen MR) is 60.7 cm³/mol. The van der Waals surface area contributed by atoms with Crippen molar-refractivity contribution in [3.05, 3.63) is 28.8 Å². The van der Waals surface area contributed by atoms with Gasteiger partial charge >= 0.3 is 0 Å². The maximum absolute atomic E-state index is 11.6. The van der Waals surface area contributed by atoms with Crippen molar-refractivity contribution >= 4 is 33.3 Å². The van der Waals surface area contributed by atoms with Crippen LogP contribution in [0.15, 0.2) is 18.2 Å². The summed E-state index contributed by atoms with van der Waals surface area (Å²) in [5.41, 5.74) is 0.519.